The van der Waals surface area contributed by atoms with E-state index in [1.165, 1.54) is 12.8 Å². The quantitative estimate of drug-likeness (QED) is 0.437. The third-order valence-corrected chi connectivity index (χ3v) is 2.42. The van der Waals surface area contributed by atoms with E-state index in [1.807, 2.05) is 0 Å². The van der Waals surface area contributed by atoms with Crippen LogP contribution in [0.5, 0.6) is 0 Å². The van der Waals surface area contributed by atoms with Gasteiger partial charge in [-0.25, -0.2) is 0 Å². The zero-order valence-electron chi connectivity index (χ0n) is 5.75. The largest absolute Gasteiger partial charge is 0.294 e. The normalized spacial score (nSPS) is 41.9. The van der Waals surface area contributed by atoms with E-state index < -0.39 is 0 Å². The highest BCUT2D eigenvalue weighted by Crippen LogP contribution is 2.27. The Labute approximate surface area is 56.4 Å². The van der Waals surface area contributed by atoms with Gasteiger partial charge in [0.1, 0.15) is 0 Å². The van der Waals surface area contributed by atoms with Gasteiger partial charge in [0.2, 0.25) is 0 Å². The first-order chi connectivity index (χ1) is 4.38. The number of fused-ring (bicyclic) bond motifs is 2. The second kappa shape index (κ2) is 1.84. The Morgan fingerprint density at radius 3 is 2.22 bits per heavy atom. The molecule has 0 amide bonds. The van der Waals surface area contributed by atoms with Gasteiger partial charge in [0.05, 0.1) is 0 Å². The van der Waals surface area contributed by atoms with E-state index in [9.17, 15) is 0 Å². The summed E-state index contributed by atoms with van der Waals surface area (Å²) in [6, 6.07) is 1.45. The molecule has 0 unspecified atom stereocenters. The van der Waals surface area contributed by atoms with Crippen LogP contribution in [0.15, 0.2) is 12.2 Å². The molecular weight excluding hydrogens is 110 g/mol. The maximum atomic E-state index is 2.44. The Balaban J connectivity index is 2.18. The molecule has 2 heterocycles. The molecule has 1 saturated heterocycles. The number of likely N-dealkylation sites (N-methyl/N-ethyl adjacent to an activating group) is 1. The predicted octanol–water partition coefficient (Wildman–Crippen LogP) is 1.22. The summed E-state index contributed by atoms with van der Waals surface area (Å²) < 4.78 is 0. The SMILES string of the molecule is CN1[C@@H]2C=C[C@H]1C[CH]C2. The number of nitrogens with zero attached hydrogens (tertiary/aromatic N) is 1. The van der Waals surface area contributed by atoms with Gasteiger partial charge < -0.3 is 0 Å². The highest BCUT2D eigenvalue weighted by atomic mass is 15.2. The van der Waals surface area contributed by atoms with E-state index in [0.717, 1.165) is 12.1 Å². The highest BCUT2D eigenvalue weighted by molar-refractivity contribution is 5.15. The summed E-state index contributed by atoms with van der Waals surface area (Å²) in [5, 5.41) is 0. The van der Waals surface area contributed by atoms with Crippen LogP contribution in [-0.4, -0.2) is 24.0 Å². The summed E-state index contributed by atoms with van der Waals surface area (Å²) in [6.45, 7) is 0. The van der Waals surface area contributed by atoms with Crippen molar-refractivity contribution >= 4 is 0 Å². The van der Waals surface area contributed by atoms with Gasteiger partial charge >= 0.3 is 0 Å². The summed E-state index contributed by atoms with van der Waals surface area (Å²) in [5.41, 5.74) is 0. The van der Waals surface area contributed by atoms with Crippen LogP contribution in [0.1, 0.15) is 12.8 Å². The standard InChI is InChI=1S/C8H12N/c1-9-7-3-2-4-8(9)6-5-7/h2,5-8H,3-4H2,1H3/t7-,8+. The van der Waals surface area contributed by atoms with Gasteiger partial charge in [0, 0.05) is 12.1 Å². The fourth-order valence-electron chi connectivity index (χ4n) is 1.70. The molecule has 0 aromatic heterocycles. The molecule has 9 heavy (non-hydrogen) atoms. The Kier molecular flexibility index (Phi) is 1.12. The summed E-state index contributed by atoms with van der Waals surface area (Å²) in [6.07, 6.45) is 9.56. The van der Waals surface area contributed by atoms with E-state index in [0.29, 0.717) is 0 Å². The van der Waals surface area contributed by atoms with E-state index in [2.05, 4.69) is 30.5 Å². The lowest BCUT2D eigenvalue weighted by atomic mass is 10.0. The van der Waals surface area contributed by atoms with Crippen molar-refractivity contribution < 1.29 is 0 Å². The van der Waals surface area contributed by atoms with Gasteiger partial charge in [-0.1, -0.05) is 12.2 Å². The number of piperidine rings is 1. The fourth-order valence-corrected chi connectivity index (χ4v) is 1.70. The van der Waals surface area contributed by atoms with E-state index in [4.69, 9.17) is 0 Å². The zero-order chi connectivity index (χ0) is 6.27. The lowest BCUT2D eigenvalue weighted by Crippen LogP contribution is -2.37. The van der Waals surface area contributed by atoms with Crippen molar-refractivity contribution in [1.82, 2.24) is 4.90 Å². The van der Waals surface area contributed by atoms with Crippen LogP contribution in [0.4, 0.5) is 0 Å². The molecule has 0 aromatic carbocycles. The lowest BCUT2D eigenvalue weighted by molar-refractivity contribution is 0.225. The van der Waals surface area contributed by atoms with Crippen LogP contribution in [0.25, 0.3) is 0 Å². The summed E-state index contributed by atoms with van der Waals surface area (Å²) >= 11 is 0. The summed E-state index contributed by atoms with van der Waals surface area (Å²) in [5.74, 6) is 0. The van der Waals surface area contributed by atoms with Gasteiger partial charge in [-0.05, 0) is 26.3 Å². The molecule has 2 rings (SSSR count). The summed E-state index contributed by atoms with van der Waals surface area (Å²) in [4.78, 5) is 2.44. The van der Waals surface area contributed by atoms with E-state index in [1.54, 1.807) is 0 Å². The van der Waals surface area contributed by atoms with Gasteiger partial charge in [-0.3, -0.25) is 4.90 Å². The van der Waals surface area contributed by atoms with Crippen molar-refractivity contribution in [3.8, 4) is 0 Å². The molecule has 1 radical (unpaired) electrons. The van der Waals surface area contributed by atoms with Gasteiger partial charge in [-0.15, -0.1) is 0 Å². The van der Waals surface area contributed by atoms with Gasteiger partial charge in [0.25, 0.3) is 0 Å². The molecule has 0 N–H and O–H groups in total. The first kappa shape index (κ1) is 5.48. The molecule has 1 heteroatoms. The first-order valence-electron chi connectivity index (χ1n) is 3.60. The molecular formula is C8H12N. The molecule has 0 aliphatic carbocycles. The first-order valence-corrected chi connectivity index (χ1v) is 3.60. The van der Waals surface area contributed by atoms with Crippen molar-refractivity contribution in [2.24, 2.45) is 0 Å². The maximum absolute atomic E-state index is 2.44. The van der Waals surface area contributed by atoms with Crippen molar-refractivity contribution in [2.75, 3.05) is 7.05 Å². The third kappa shape index (κ3) is 0.715. The highest BCUT2D eigenvalue weighted by Gasteiger charge is 2.28. The second-order valence-corrected chi connectivity index (χ2v) is 2.95. The van der Waals surface area contributed by atoms with Crippen molar-refractivity contribution in [3.63, 3.8) is 0 Å². The lowest BCUT2D eigenvalue weighted by Gasteiger charge is -2.30. The van der Waals surface area contributed by atoms with Gasteiger partial charge in [-0.2, -0.15) is 0 Å². The van der Waals surface area contributed by atoms with Crippen LogP contribution in [0.3, 0.4) is 0 Å². The Morgan fingerprint density at radius 2 is 1.78 bits per heavy atom. The minimum Gasteiger partial charge on any atom is -0.294 e. The third-order valence-electron chi connectivity index (χ3n) is 2.42. The monoisotopic (exact) mass is 122 g/mol. The predicted molar refractivity (Wildman–Crippen MR) is 38.0 cm³/mol. The molecule has 2 bridgehead atoms. The number of hydrogen-bond acceptors (Lipinski definition) is 1. The second-order valence-electron chi connectivity index (χ2n) is 2.95. The Bertz CT molecular complexity index is 126. The zero-order valence-corrected chi connectivity index (χ0v) is 5.75. The smallest absolute Gasteiger partial charge is 0.0284 e. The molecule has 49 valence electrons. The van der Waals surface area contributed by atoms with E-state index in [-0.39, 0.29) is 0 Å². The minimum atomic E-state index is 0.726. The Hall–Kier alpha value is -0.300. The number of hydrogen-bond donors (Lipinski definition) is 0. The van der Waals surface area contributed by atoms with E-state index >= 15 is 0 Å². The van der Waals surface area contributed by atoms with Crippen LogP contribution < -0.4 is 0 Å². The average molecular weight is 122 g/mol. The number of rotatable bonds is 0. The molecule has 2 aliphatic heterocycles. The minimum absolute atomic E-state index is 0.726. The van der Waals surface area contributed by atoms with Crippen LogP contribution in [0.2, 0.25) is 0 Å². The average Bonchev–Trinajstić information content (AvgIpc) is 2.19. The molecule has 0 saturated carbocycles. The molecule has 1 fully saturated rings. The molecule has 0 aromatic rings. The topological polar surface area (TPSA) is 3.24 Å². The van der Waals surface area contributed by atoms with Gasteiger partial charge in [0.15, 0.2) is 0 Å². The molecule has 1 nitrogen and oxygen atoms in total. The van der Waals surface area contributed by atoms with Crippen LogP contribution in [0, 0.1) is 6.42 Å². The molecule has 0 spiro atoms. The van der Waals surface area contributed by atoms with Crippen molar-refractivity contribution in [2.45, 2.75) is 24.9 Å². The van der Waals surface area contributed by atoms with Crippen LogP contribution in [-0.2, 0) is 0 Å². The fraction of sp³-hybridized carbons (Fsp3) is 0.625. The van der Waals surface area contributed by atoms with Crippen molar-refractivity contribution in [1.29, 1.82) is 0 Å². The Morgan fingerprint density at radius 1 is 1.22 bits per heavy atom. The summed E-state index contributed by atoms with van der Waals surface area (Å²) in [7, 11) is 2.21. The van der Waals surface area contributed by atoms with Crippen LogP contribution >= 0.6 is 0 Å². The molecule has 2 atom stereocenters. The molecule has 2 aliphatic rings. The maximum Gasteiger partial charge on any atom is 0.0284 e. The van der Waals surface area contributed by atoms with Crippen molar-refractivity contribution in [3.05, 3.63) is 18.6 Å².